The predicted octanol–water partition coefficient (Wildman–Crippen LogP) is 6.76. The number of carbonyl (C=O) groups is 10. The van der Waals surface area contributed by atoms with Crippen LogP contribution < -0.4 is 21.1 Å². The molecule has 3 aliphatic rings. The van der Waals surface area contributed by atoms with Crippen molar-refractivity contribution in [1.29, 1.82) is 0 Å². The summed E-state index contributed by atoms with van der Waals surface area (Å²) < 4.78 is 11.2. The molecule has 0 aliphatic carbocycles. The lowest BCUT2D eigenvalue weighted by Gasteiger charge is -2.36. The molecule has 8 rings (SSSR count). The van der Waals surface area contributed by atoms with E-state index in [1.807, 2.05) is 44.2 Å². The topological polar surface area (TPSA) is 252 Å². The van der Waals surface area contributed by atoms with Gasteiger partial charge in [-0.3, -0.25) is 67.5 Å². The molecule has 2 saturated heterocycles. The second kappa shape index (κ2) is 29.6. The van der Waals surface area contributed by atoms with Crippen molar-refractivity contribution in [1.82, 2.24) is 30.2 Å². The Morgan fingerprint density at radius 2 is 1.36 bits per heavy atom. The van der Waals surface area contributed by atoms with Gasteiger partial charge in [0.1, 0.15) is 18.1 Å². The van der Waals surface area contributed by atoms with Crippen molar-refractivity contribution in [3.8, 4) is 5.75 Å². The van der Waals surface area contributed by atoms with Gasteiger partial charge in [0.05, 0.1) is 25.1 Å². The Labute approximate surface area is 496 Å². The van der Waals surface area contributed by atoms with Gasteiger partial charge in [0.2, 0.25) is 23.6 Å². The number of hydrogen-bond donors (Lipinski definition) is 3. The molecule has 0 radical (unpaired) electrons. The van der Waals surface area contributed by atoms with Crippen molar-refractivity contribution < 1.29 is 57.4 Å². The second-order valence-electron chi connectivity index (χ2n) is 23.1. The van der Waals surface area contributed by atoms with Gasteiger partial charge in [-0.15, -0.1) is 0 Å². The summed E-state index contributed by atoms with van der Waals surface area (Å²) in [6.45, 7) is 10.7. The summed E-state index contributed by atoms with van der Waals surface area (Å²) in [7, 11) is 1.58. The van der Waals surface area contributed by atoms with Gasteiger partial charge in [0.15, 0.2) is 5.78 Å². The highest BCUT2D eigenvalue weighted by Gasteiger charge is 2.37. The van der Waals surface area contributed by atoms with Crippen LogP contribution in [-0.2, 0) is 57.7 Å². The number of ketones is 2. The summed E-state index contributed by atoms with van der Waals surface area (Å²) in [6, 6.07) is 26.2. The van der Waals surface area contributed by atoms with E-state index in [4.69, 9.17) is 15.2 Å². The van der Waals surface area contributed by atoms with Gasteiger partial charge in [-0.2, -0.15) is 0 Å². The van der Waals surface area contributed by atoms with E-state index in [2.05, 4.69) is 20.4 Å². The number of piperazine rings is 1. The third kappa shape index (κ3) is 16.4. The van der Waals surface area contributed by atoms with Crippen molar-refractivity contribution in [3.05, 3.63) is 124 Å². The largest absolute Gasteiger partial charge is 0.496 e. The zero-order chi connectivity index (χ0) is 60.7. The smallest absolute Gasteiger partial charge is 0.310 e. The van der Waals surface area contributed by atoms with Crippen LogP contribution in [0.15, 0.2) is 91.0 Å². The predicted molar refractivity (Wildman–Crippen MR) is 320 cm³/mol. The first-order valence-electron chi connectivity index (χ1n) is 29.8. The number of hydrogen-bond acceptors (Lipinski definition) is 14. The van der Waals surface area contributed by atoms with Crippen molar-refractivity contribution in [2.45, 2.75) is 110 Å². The Morgan fingerprint density at radius 3 is 2.05 bits per heavy atom. The lowest BCUT2D eigenvalue weighted by molar-refractivity contribution is -0.144. The monoisotopic (exact) mass is 1160 g/mol. The van der Waals surface area contributed by atoms with E-state index in [0.717, 1.165) is 42.3 Å². The number of esters is 1. The summed E-state index contributed by atoms with van der Waals surface area (Å²) in [5, 5.41) is 9.00. The molecule has 3 heterocycles. The maximum atomic E-state index is 14.1. The van der Waals surface area contributed by atoms with E-state index in [1.54, 1.807) is 74.7 Å². The minimum Gasteiger partial charge on any atom is -0.496 e. The third-order valence-electron chi connectivity index (χ3n) is 16.6. The SMILES string of the molecule is COc1ccc2c3c(c4ccccc4cc13)C(=O)N(CCN1CCN(CCNC(=O)c3ccc(CC(=O)OCc4ccc(CC(=O)[C@H](CCCCC(N)=O)NC(=O)[C@@H](CC(=O)CCCCCN5C(=O)CC(C)C5=O)C(C)C)cc4)cc3)CC1)C2=O. The van der Waals surface area contributed by atoms with E-state index < -0.39 is 29.7 Å². The number of nitrogens with zero attached hydrogens (tertiary/aromatic N) is 4. The van der Waals surface area contributed by atoms with Gasteiger partial charge in [-0.05, 0) is 89.4 Å². The molecule has 85 heavy (non-hydrogen) atoms. The standard InChI is InChI=1S/C66H79N7O12/c1-42(2)52(40-49(74)13-6-5-11-28-72-58(77)36-43(3)64(72)81)63(80)69-54(15-9-10-16-57(67)76)55(75)37-44-17-19-46(20-18-44)41-85-59(78)38-45-21-23-47(24-22-45)62(79)68-27-29-70-30-32-71(33-31-70)34-35-73-65(82)51-25-26-56(84-4)53-39-48-12-7-8-14-50(48)61(60(51)53)66(73)83/h7-8,12,14,17-26,39,42-43,52,54H,5-6,9-11,13,15-16,27-38,40-41H2,1-4H3,(H2,67,76)(H,68,79)(H,69,80)/t43?,52-,54-/m0/s1. The summed E-state index contributed by atoms with van der Waals surface area (Å²) in [6.07, 6.45) is 3.66. The van der Waals surface area contributed by atoms with Crippen LogP contribution in [0.25, 0.3) is 21.5 Å². The molecule has 7 amide bonds. The van der Waals surface area contributed by atoms with Crippen LogP contribution in [0.2, 0.25) is 0 Å². The summed E-state index contributed by atoms with van der Waals surface area (Å²) in [5.74, 6) is -3.31. The van der Waals surface area contributed by atoms with Gasteiger partial charge in [0.25, 0.3) is 17.7 Å². The maximum Gasteiger partial charge on any atom is 0.310 e. The Balaban J connectivity index is 0.724. The average molecular weight is 1160 g/mol. The zero-order valence-corrected chi connectivity index (χ0v) is 49.3. The number of methoxy groups -OCH3 is 1. The van der Waals surface area contributed by atoms with Crippen LogP contribution in [-0.4, -0.2) is 151 Å². The lowest BCUT2D eigenvalue weighted by Crippen LogP contribution is -2.51. The number of primary amides is 1. The fourth-order valence-corrected chi connectivity index (χ4v) is 11.5. The minimum absolute atomic E-state index is 0.00168. The van der Waals surface area contributed by atoms with E-state index >= 15 is 0 Å². The van der Waals surface area contributed by atoms with Crippen LogP contribution in [0, 0.1) is 17.8 Å². The van der Waals surface area contributed by atoms with Crippen LogP contribution >= 0.6 is 0 Å². The quantitative estimate of drug-likeness (QED) is 0.0180. The number of rotatable bonds is 31. The Hall–Kier alpha value is -8.16. The number of amides is 7. The van der Waals surface area contributed by atoms with Crippen LogP contribution in [0.4, 0.5) is 0 Å². The number of likely N-dealkylation sites (tertiary alicyclic amines) is 1. The molecule has 1 unspecified atom stereocenters. The highest BCUT2D eigenvalue weighted by Crippen LogP contribution is 2.40. The molecule has 19 nitrogen and oxygen atoms in total. The highest BCUT2D eigenvalue weighted by atomic mass is 16.5. The Morgan fingerprint density at radius 1 is 0.694 bits per heavy atom. The van der Waals surface area contributed by atoms with E-state index in [9.17, 15) is 47.9 Å². The van der Waals surface area contributed by atoms with Crippen molar-refractivity contribution in [2.75, 3.05) is 66.0 Å². The molecular weight excluding hydrogens is 1080 g/mol. The lowest BCUT2D eigenvalue weighted by atomic mass is 9.88. The van der Waals surface area contributed by atoms with E-state index in [1.165, 1.54) is 9.80 Å². The molecular formula is C66H79N7O12. The first-order chi connectivity index (χ1) is 40.9. The average Bonchev–Trinajstić information content (AvgIpc) is 2.65. The number of ether oxygens (including phenoxy) is 2. The maximum absolute atomic E-state index is 14.1. The fourth-order valence-electron chi connectivity index (χ4n) is 11.5. The number of benzene rings is 5. The molecule has 450 valence electrons. The third-order valence-corrected chi connectivity index (χ3v) is 16.6. The Bertz CT molecular complexity index is 3300. The molecule has 0 saturated carbocycles. The number of imide groups is 2. The first kappa shape index (κ1) is 62.9. The van der Waals surface area contributed by atoms with Gasteiger partial charge in [-0.1, -0.05) is 94.3 Å². The van der Waals surface area contributed by atoms with Gasteiger partial charge in [0, 0.05) is 125 Å². The molecule has 5 aromatic rings. The number of unbranched alkanes of at least 4 members (excludes halogenated alkanes) is 3. The Kier molecular flexibility index (Phi) is 21.9. The van der Waals surface area contributed by atoms with Crippen molar-refractivity contribution in [3.63, 3.8) is 0 Å². The number of carbonyl (C=O) groups excluding carboxylic acids is 10. The summed E-state index contributed by atoms with van der Waals surface area (Å²) in [4.78, 5) is 137. The van der Waals surface area contributed by atoms with Crippen molar-refractivity contribution >= 4 is 80.4 Å². The molecule has 3 aliphatic heterocycles. The molecule has 3 atom stereocenters. The van der Waals surface area contributed by atoms with Gasteiger partial charge in [-0.25, -0.2) is 0 Å². The molecule has 0 aromatic heterocycles. The van der Waals surface area contributed by atoms with E-state index in [0.29, 0.717) is 103 Å². The molecule has 4 N–H and O–H groups in total. The van der Waals surface area contributed by atoms with Crippen LogP contribution in [0.3, 0.4) is 0 Å². The van der Waals surface area contributed by atoms with Gasteiger partial charge < -0.3 is 25.8 Å². The van der Waals surface area contributed by atoms with Crippen molar-refractivity contribution in [2.24, 2.45) is 23.5 Å². The number of nitrogens with one attached hydrogen (secondary N) is 2. The minimum atomic E-state index is -0.863. The molecule has 5 aromatic carbocycles. The molecule has 2 fully saturated rings. The number of nitrogens with two attached hydrogens (primary N) is 1. The van der Waals surface area contributed by atoms with E-state index in [-0.39, 0.29) is 111 Å². The number of Topliss-reactive ketones (excluding diaryl/α,β-unsaturated/α-hetero) is 2. The number of fused-ring (bicyclic) bond motifs is 2. The van der Waals surface area contributed by atoms with Gasteiger partial charge >= 0.3 is 5.97 Å². The summed E-state index contributed by atoms with van der Waals surface area (Å²) in [5.41, 5.74) is 8.89. The molecule has 0 spiro atoms. The second-order valence-corrected chi connectivity index (χ2v) is 23.1. The zero-order valence-electron chi connectivity index (χ0n) is 49.3. The highest BCUT2D eigenvalue weighted by molar-refractivity contribution is 6.31. The first-order valence-corrected chi connectivity index (χ1v) is 29.8. The normalized spacial score (nSPS) is 16.3. The molecule has 0 bridgehead atoms. The molecule has 19 heteroatoms. The van der Waals surface area contributed by atoms with Crippen LogP contribution in [0.1, 0.15) is 133 Å². The van der Waals surface area contributed by atoms with Crippen LogP contribution in [0.5, 0.6) is 5.75 Å². The fraction of sp³-hybridized carbons (Fsp3) is 0.455. The summed E-state index contributed by atoms with van der Waals surface area (Å²) >= 11 is 0.